The van der Waals surface area contributed by atoms with Crippen molar-refractivity contribution in [1.82, 2.24) is 0 Å². The van der Waals surface area contributed by atoms with E-state index in [-0.39, 0.29) is 5.92 Å². The summed E-state index contributed by atoms with van der Waals surface area (Å²) in [6.45, 7) is 4.20. The first-order valence-corrected chi connectivity index (χ1v) is 7.24. The average Bonchev–Trinajstić information content (AvgIpc) is 2.48. The zero-order valence-corrected chi connectivity index (χ0v) is 13.2. The zero-order valence-electron chi connectivity index (χ0n) is 13.2. The van der Waals surface area contributed by atoms with E-state index in [1.807, 2.05) is 26.2 Å². The molecule has 21 heavy (non-hydrogen) atoms. The smallest absolute Gasteiger partial charge is 0.0753 e. The Morgan fingerprint density at radius 3 is 2.52 bits per heavy atom. The normalized spacial score (nSPS) is 11.8. The number of hydrogen-bond donors (Lipinski definition) is 0. The van der Waals surface area contributed by atoms with Crippen molar-refractivity contribution < 1.29 is 0 Å². The summed E-state index contributed by atoms with van der Waals surface area (Å²) in [5.41, 5.74) is 5.98. The lowest BCUT2D eigenvalue weighted by Gasteiger charge is -2.17. The lowest BCUT2D eigenvalue weighted by molar-refractivity contribution is 0.841. The van der Waals surface area contributed by atoms with Gasteiger partial charge >= 0.3 is 0 Å². The third-order valence-electron chi connectivity index (χ3n) is 3.87. The van der Waals surface area contributed by atoms with Gasteiger partial charge in [-0.2, -0.15) is 5.26 Å². The van der Waals surface area contributed by atoms with E-state index in [9.17, 15) is 5.26 Å². The van der Waals surface area contributed by atoms with Crippen molar-refractivity contribution in [3.05, 3.63) is 64.7 Å². The summed E-state index contributed by atoms with van der Waals surface area (Å²) in [7, 11) is 4.04. The molecule has 108 valence electrons. The van der Waals surface area contributed by atoms with E-state index in [1.54, 1.807) is 0 Å². The Balaban J connectivity index is 2.30. The van der Waals surface area contributed by atoms with E-state index >= 15 is 0 Å². The van der Waals surface area contributed by atoms with Crippen LogP contribution >= 0.6 is 0 Å². The lowest BCUT2D eigenvalue weighted by atomic mass is 9.90. The second-order valence-electron chi connectivity index (χ2n) is 5.81. The molecule has 2 heteroatoms. The van der Waals surface area contributed by atoms with E-state index in [4.69, 9.17) is 0 Å². The molecule has 0 saturated carbocycles. The maximum absolute atomic E-state index is 9.57. The summed E-state index contributed by atoms with van der Waals surface area (Å²) in [4.78, 5) is 2.07. The van der Waals surface area contributed by atoms with Crippen molar-refractivity contribution in [1.29, 1.82) is 5.26 Å². The molecule has 0 aliphatic rings. The fourth-order valence-corrected chi connectivity index (χ4v) is 2.50. The summed E-state index contributed by atoms with van der Waals surface area (Å²) >= 11 is 0. The third kappa shape index (κ3) is 3.64. The minimum atomic E-state index is -0.106. The fourth-order valence-electron chi connectivity index (χ4n) is 2.50. The van der Waals surface area contributed by atoms with Crippen LogP contribution in [-0.2, 0) is 6.42 Å². The highest BCUT2D eigenvalue weighted by atomic mass is 15.1. The van der Waals surface area contributed by atoms with Crippen LogP contribution in [0.5, 0.6) is 0 Å². The van der Waals surface area contributed by atoms with E-state index in [1.165, 1.54) is 16.7 Å². The third-order valence-corrected chi connectivity index (χ3v) is 3.87. The van der Waals surface area contributed by atoms with Gasteiger partial charge in [0.1, 0.15) is 0 Å². The number of anilines is 1. The summed E-state index contributed by atoms with van der Waals surface area (Å²) in [5, 5.41) is 9.57. The first-order chi connectivity index (χ1) is 10.0. The molecular weight excluding hydrogens is 256 g/mol. The monoisotopic (exact) mass is 278 g/mol. The number of nitriles is 1. The number of rotatable bonds is 4. The van der Waals surface area contributed by atoms with Gasteiger partial charge in [0.05, 0.1) is 12.0 Å². The fraction of sp³-hybridized carbons (Fsp3) is 0.316. The molecule has 0 N–H and O–H groups in total. The molecule has 1 atom stereocenters. The largest absolute Gasteiger partial charge is 0.378 e. The molecule has 0 heterocycles. The van der Waals surface area contributed by atoms with Crippen molar-refractivity contribution in [2.24, 2.45) is 0 Å². The molecule has 2 aromatic rings. The van der Waals surface area contributed by atoms with E-state index < -0.39 is 0 Å². The van der Waals surface area contributed by atoms with Crippen molar-refractivity contribution >= 4 is 5.69 Å². The molecule has 0 radical (unpaired) electrons. The Hall–Kier alpha value is -2.27. The Morgan fingerprint density at radius 2 is 1.86 bits per heavy atom. The van der Waals surface area contributed by atoms with Crippen molar-refractivity contribution in [3.8, 4) is 6.07 Å². The van der Waals surface area contributed by atoms with Crippen molar-refractivity contribution in [2.45, 2.75) is 26.2 Å². The highest BCUT2D eigenvalue weighted by Crippen LogP contribution is 2.25. The molecule has 2 nitrogen and oxygen atoms in total. The molecule has 1 unspecified atom stereocenters. The van der Waals surface area contributed by atoms with Crippen LogP contribution < -0.4 is 4.90 Å². The molecule has 2 rings (SSSR count). The SMILES string of the molecule is Cc1ccc(C)c(CC(C#N)c2cccc(N(C)C)c2)c1. The second-order valence-corrected chi connectivity index (χ2v) is 5.81. The van der Waals surface area contributed by atoms with Gasteiger partial charge in [0.25, 0.3) is 0 Å². The lowest BCUT2D eigenvalue weighted by Crippen LogP contribution is -2.10. The van der Waals surface area contributed by atoms with Crippen LogP contribution in [0.2, 0.25) is 0 Å². The summed E-state index contributed by atoms with van der Waals surface area (Å²) < 4.78 is 0. The minimum Gasteiger partial charge on any atom is -0.378 e. The Kier molecular flexibility index (Phi) is 4.65. The molecule has 0 bridgehead atoms. The summed E-state index contributed by atoms with van der Waals surface area (Å²) in [6.07, 6.45) is 0.765. The van der Waals surface area contributed by atoms with Crippen LogP contribution in [0.15, 0.2) is 42.5 Å². The van der Waals surface area contributed by atoms with Crippen molar-refractivity contribution in [3.63, 3.8) is 0 Å². The Bertz CT molecular complexity index is 666. The van der Waals surface area contributed by atoms with Crippen LogP contribution in [0.3, 0.4) is 0 Å². The second kappa shape index (κ2) is 6.45. The van der Waals surface area contributed by atoms with Gasteiger partial charge in [-0.3, -0.25) is 0 Å². The highest BCUT2D eigenvalue weighted by molar-refractivity contribution is 5.49. The van der Waals surface area contributed by atoms with Gasteiger partial charge in [-0.1, -0.05) is 35.9 Å². The van der Waals surface area contributed by atoms with Gasteiger partial charge in [0, 0.05) is 19.8 Å². The van der Waals surface area contributed by atoms with Gasteiger partial charge in [0.15, 0.2) is 0 Å². The topological polar surface area (TPSA) is 27.0 Å². The van der Waals surface area contributed by atoms with Crippen LogP contribution in [0, 0.1) is 25.2 Å². The quantitative estimate of drug-likeness (QED) is 0.837. The van der Waals surface area contributed by atoms with Gasteiger partial charge in [-0.05, 0) is 49.1 Å². The van der Waals surface area contributed by atoms with Crippen LogP contribution in [0.1, 0.15) is 28.2 Å². The molecule has 0 fully saturated rings. The van der Waals surface area contributed by atoms with Gasteiger partial charge in [-0.15, -0.1) is 0 Å². The van der Waals surface area contributed by atoms with Gasteiger partial charge < -0.3 is 4.90 Å². The predicted octanol–water partition coefficient (Wildman–Crippen LogP) is 4.22. The maximum atomic E-state index is 9.57. The van der Waals surface area contributed by atoms with Gasteiger partial charge in [0.2, 0.25) is 0 Å². The van der Waals surface area contributed by atoms with Gasteiger partial charge in [-0.25, -0.2) is 0 Å². The van der Waals surface area contributed by atoms with Crippen LogP contribution in [-0.4, -0.2) is 14.1 Å². The zero-order chi connectivity index (χ0) is 15.4. The molecule has 0 amide bonds. The van der Waals surface area contributed by atoms with Crippen molar-refractivity contribution in [2.75, 3.05) is 19.0 Å². The molecule has 0 saturated heterocycles. The first-order valence-electron chi connectivity index (χ1n) is 7.24. The average molecular weight is 278 g/mol. The first kappa shape index (κ1) is 15.1. The molecule has 0 aliphatic carbocycles. The van der Waals surface area contributed by atoms with E-state index in [2.05, 4.69) is 55.1 Å². The number of hydrogen-bond acceptors (Lipinski definition) is 2. The standard InChI is InChI=1S/C19H22N2/c1-14-8-9-15(2)17(10-14)11-18(13-20)16-6-5-7-19(12-16)21(3)4/h5-10,12,18H,11H2,1-4H3. The Labute approximate surface area is 127 Å². The summed E-state index contributed by atoms with van der Waals surface area (Å²) in [6, 6.07) is 17.2. The number of benzene rings is 2. The molecule has 2 aromatic carbocycles. The van der Waals surface area contributed by atoms with E-state index in [0.29, 0.717) is 0 Å². The van der Waals surface area contributed by atoms with E-state index in [0.717, 1.165) is 17.7 Å². The minimum absolute atomic E-state index is 0.106. The molecular formula is C19H22N2. The van der Waals surface area contributed by atoms with Crippen LogP contribution in [0.4, 0.5) is 5.69 Å². The molecule has 0 aromatic heterocycles. The molecule has 0 spiro atoms. The number of nitrogens with zero attached hydrogens (tertiary/aromatic N) is 2. The highest BCUT2D eigenvalue weighted by Gasteiger charge is 2.14. The number of aryl methyl sites for hydroxylation is 2. The Morgan fingerprint density at radius 1 is 1.10 bits per heavy atom. The van der Waals surface area contributed by atoms with Crippen LogP contribution in [0.25, 0.3) is 0 Å². The molecule has 0 aliphatic heterocycles. The predicted molar refractivity (Wildman–Crippen MR) is 88.7 cm³/mol. The summed E-state index contributed by atoms with van der Waals surface area (Å²) in [5.74, 6) is -0.106. The maximum Gasteiger partial charge on any atom is 0.0753 e.